The van der Waals surface area contributed by atoms with Gasteiger partial charge in [-0.25, -0.2) is 9.37 Å². The van der Waals surface area contributed by atoms with E-state index in [1.807, 2.05) is 42.6 Å². The molecule has 2 atom stereocenters. The van der Waals surface area contributed by atoms with E-state index >= 15 is 0 Å². The Balaban J connectivity index is 0.000000161. The van der Waals surface area contributed by atoms with Crippen LogP contribution in [-0.2, 0) is 4.79 Å². The topological polar surface area (TPSA) is 73.7 Å². The van der Waals surface area contributed by atoms with Gasteiger partial charge in [0.2, 0.25) is 5.78 Å². The van der Waals surface area contributed by atoms with E-state index < -0.39 is 5.97 Å². The number of likely N-dealkylation sites (tertiary alicyclic amines) is 2. The Morgan fingerprint density at radius 1 is 1.00 bits per heavy atom. The van der Waals surface area contributed by atoms with Gasteiger partial charge >= 0.3 is 5.97 Å². The van der Waals surface area contributed by atoms with Gasteiger partial charge in [0.25, 0.3) is 0 Å². The molecule has 1 aromatic heterocycles. The average Bonchev–Trinajstić information content (AvgIpc) is 3.43. The number of hydrogen-bond acceptors (Lipinski definition) is 6. The number of aliphatic carboxylic acids is 1. The van der Waals surface area contributed by atoms with Gasteiger partial charge in [-0.1, -0.05) is 55.3 Å². The highest BCUT2D eigenvalue weighted by atomic mass is 32.1. The zero-order chi connectivity index (χ0) is 28.1. The van der Waals surface area contributed by atoms with Gasteiger partial charge in [-0.15, -0.1) is 11.3 Å². The lowest BCUT2D eigenvalue weighted by atomic mass is 9.96. The first kappa shape index (κ1) is 28.6. The predicted octanol–water partition coefficient (Wildman–Crippen LogP) is 6.05. The number of ketones is 1. The first-order valence-electron chi connectivity index (χ1n) is 14.3. The summed E-state index contributed by atoms with van der Waals surface area (Å²) in [5, 5.41) is 10.0. The molecule has 1 aliphatic carbocycles. The van der Waals surface area contributed by atoms with E-state index in [2.05, 4.69) is 21.8 Å². The van der Waals surface area contributed by atoms with Gasteiger partial charge < -0.3 is 10.0 Å². The second-order valence-corrected chi connectivity index (χ2v) is 12.5. The van der Waals surface area contributed by atoms with Crippen LogP contribution in [0, 0.1) is 11.7 Å². The summed E-state index contributed by atoms with van der Waals surface area (Å²) in [6.45, 7) is 3.78. The van der Waals surface area contributed by atoms with Crippen molar-refractivity contribution in [1.29, 1.82) is 0 Å². The molecule has 0 amide bonds. The summed E-state index contributed by atoms with van der Waals surface area (Å²) in [6.07, 6.45) is 8.26. The zero-order valence-corrected chi connectivity index (χ0v) is 23.9. The van der Waals surface area contributed by atoms with E-state index in [0.717, 1.165) is 63.0 Å². The van der Waals surface area contributed by atoms with E-state index in [9.17, 15) is 19.1 Å². The van der Waals surface area contributed by atoms with Crippen molar-refractivity contribution in [3.63, 3.8) is 0 Å². The number of hydrogen-bond donors (Lipinski definition) is 1. The van der Waals surface area contributed by atoms with E-state index in [-0.39, 0.29) is 23.6 Å². The van der Waals surface area contributed by atoms with Crippen molar-refractivity contribution < 1.29 is 19.1 Å². The summed E-state index contributed by atoms with van der Waals surface area (Å²) < 4.78 is 13.3. The highest BCUT2D eigenvalue weighted by molar-refractivity contribution is 7.13. The summed E-state index contributed by atoms with van der Waals surface area (Å²) in [6, 6.07) is 15.7. The lowest BCUT2D eigenvalue weighted by molar-refractivity contribution is -0.143. The van der Waals surface area contributed by atoms with Gasteiger partial charge in [0, 0.05) is 23.2 Å². The highest BCUT2D eigenvalue weighted by Gasteiger charge is 2.37. The molecule has 0 spiro atoms. The maximum absolute atomic E-state index is 13.3. The Bertz CT molecular complexity index is 1290. The molecule has 2 saturated heterocycles. The molecule has 0 radical (unpaired) electrons. The van der Waals surface area contributed by atoms with Crippen molar-refractivity contribution in [3.8, 4) is 0 Å². The summed E-state index contributed by atoms with van der Waals surface area (Å²) in [7, 11) is 2.16. The van der Waals surface area contributed by atoms with Crippen LogP contribution in [0.1, 0.15) is 76.2 Å². The number of rotatable bonds is 8. The summed E-state index contributed by atoms with van der Waals surface area (Å²) >= 11 is 1.56. The fraction of sp³-hybridized carbons (Fsp3) is 0.469. The summed E-state index contributed by atoms with van der Waals surface area (Å²) in [5.74, 6) is 0.539. The first-order chi connectivity index (χ1) is 19.4. The molecule has 8 heteroatoms. The number of aromatic nitrogens is 1. The van der Waals surface area contributed by atoms with Gasteiger partial charge in [-0.3, -0.25) is 14.5 Å². The molecule has 6 rings (SSSR count). The normalized spacial score (nSPS) is 21.0. The number of benzene rings is 2. The lowest BCUT2D eigenvalue weighted by Crippen LogP contribution is -2.40. The van der Waals surface area contributed by atoms with Gasteiger partial charge in [0.15, 0.2) is 5.01 Å². The molecule has 3 aliphatic rings. The highest BCUT2D eigenvalue weighted by Crippen LogP contribution is 2.37. The lowest BCUT2D eigenvalue weighted by Gasteiger charge is -2.27. The molecule has 40 heavy (non-hydrogen) atoms. The van der Waals surface area contributed by atoms with Gasteiger partial charge in [0.05, 0.1) is 0 Å². The third kappa shape index (κ3) is 7.42. The average molecular weight is 564 g/mol. The molecule has 2 aliphatic heterocycles. The molecular formula is C32H38FN3O3S. The first-order valence-corrected chi connectivity index (χ1v) is 15.2. The van der Waals surface area contributed by atoms with Crippen LogP contribution in [0.2, 0.25) is 0 Å². The Kier molecular flexibility index (Phi) is 9.40. The van der Waals surface area contributed by atoms with Crippen molar-refractivity contribution in [2.45, 2.75) is 56.4 Å². The standard InChI is InChI=1S/C16H20FNO2.C16H18N2OS/c17-14-3-1-2-12(9-14)13-6-7-18(10-13)15(16(19)20)8-11-4-5-11;1-18-9-7-12(8-10-18)14-11-17-16(20-14)15(19)13-5-3-2-4-6-13/h1-3,9,11,13,15H,4-8,10H2,(H,19,20);2-6,11-12H,7-10H2,1H3. The SMILES string of the molecule is CN1CCC(c2cnc(C(=O)c3ccccc3)s2)CC1.O=C(O)C(CC1CC1)N1CCC(c2cccc(F)c2)C1. The molecule has 2 aromatic carbocycles. The molecule has 1 saturated carbocycles. The number of carbonyl (C=O) groups is 2. The van der Waals surface area contributed by atoms with Crippen LogP contribution in [0.5, 0.6) is 0 Å². The number of piperidine rings is 1. The van der Waals surface area contributed by atoms with Gasteiger partial charge in [-0.05, 0) is 87.8 Å². The molecule has 212 valence electrons. The predicted molar refractivity (Wildman–Crippen MR) is 156 cm³/mol. The maximum atomic E-state index is 13.3. The minimum atomic E-state index is -0.711. The van der Waals surface area contributed by atoms with E-state index in [1.165, 1.54) is 23.8 Å². The Morgan fingerprint density at radius 3 is 2.40 bits per heavy atom. The van der Waals surface area contributed by atoms with Crippen LogP contribution >= 0.6 is 11.3 Å². The monoisotopic (exact) mass is 563 g/mol. The fourth-order valence-corrected chi connectivity index (χ4v) is 6.81. The van der Waals surface area contributed by atoms with Crippen LogP contribution in [-0.4, -0.2) is 70.9 Å². The van der Waals surface area contributed by atoms with Crippen molar-refractivity contribution in [2.75, 3.05) is 33.2 Å². The zero-order valence-electron chi connectivity index (χ0n) is 23.0. The Morgan fingerprint density at radius 2 is 1.73 bits per heavy atom. The second-order valence-electron chi connectivity index (χ2n) is 11.4. The van der Waals surface area contributed by atoms with Gasteiger partial charge in [0.1, 0.15) is 11.9 Å². The molecule has 3 fully saturated rings. The van der Waals surface area contributed by atoms with E-state index in [0.29, 0.717) is 16.8 Å². The minimum absolute atomic E-state index is 0.0368. The van der Waals surface area contributed by atoms with Crippen molar-refractivity contribution in [2.24, 2.45) is 5.92 Å². The van der Waals surface area contributed by atoms with E-state index in [1.54, 1.807) is 23.5 Å². The summed E-state index contributed by atoms with van der Waals surface area (Å²) in [5.41, 5.74) is 1.71. The number of carbonyl (C=O) groups excluding carboxylic acids is 1. The van der Waals surface area contributed by atoms with Crippen LogP contribution in [0.25, 0.3) is 0 Å². The van der Waals surface area contributed by atoms with Crippen LogP contribution in [0.3, 0.4) is 0 Å². The van der Waals surface area contributed by atoms with Crippen molar-refractivity contribution >= 4 is 23.1 Å². The van der Waals surface area contributed by atoms with Gasteiger partial charge in [-0.2, -0.15) is 0 Å². The molecule has 0 bridgehead atoms. The number of nitrogens with zero attached hydrogens (tertiary/aromatic N) is 3. The number of carboxylic acids is 1. The quantitative estimate of drug-likeness (QED) is 0.336. The minimum Gasteiger partial charge on any atom is -0.480 e. The number of halogens is 1. The summed E-state index contributed by atoms with van der Waals surface area (Å²) in [4.78, 5) is 33.8. The maximum Gasteiger partial charge on any atom is 0.320 e. The third-order valence-electron chi connectivity index (χ3n) is 8.39. The molecule has 2 unspecified atom stereocenters. The fourth-order valence-electron chi connectivity index (χ4n) is 5.76. The Hall–Kier alpha value is -2.94. The van der Waals surface area contributed by atoms with Crippen molar-refractivity contribution in [1.82, 2.24) is 14.8 Å². The third-order valence-corrected chi connectivity index (χ3v) is 9.55. The van der Waals surface area contributed by atoms with Crippen molar-refractivity contribution in [3.05, 3.63) is 87.6 Å². The molecule has 1 N–H and O–H groups in total. The van der Waals surface area contributed by atoms with Crippen LogP contribution < -0.4 is 0 Å². The Labute approximate surface area is 239 Å². The molecule has 3 aromatic rings. The van der Waals surface area contributed by atoms with Crippen LogP contribution in [0.4, 0.5) is 4.39 Å². The smallest absolute Gasteiger partial charge is 0.320 e. The van der Waals surface area contributed by atoms with Crippen LogP contribution in [0.15, 0.2) is 60.8 Å². The number of carboxylic acid groups (broad SMARTS) is 1. The number of thiazole rings is 1. The van der Waals surface area contributed by atoms with E-state index in [4.69, 9.17) is 0 Å². The molecule has 3 heterocycles. The second kappa shape index (κ2) is 13.1. The molecular weight excluding hydrogens is 525 g/mol. The largest absolute Gasteiger partial charge is 0.480 e. The molecule has 6 nitrogen and oxygen atoms in total.